The standard InChI is InChI=1S/C8H8FI2NO/c1-11(10)5-2-3-6(8(12)13)7(9)4-5/h2-4H,1H3,(H2,12,13). The number of alkyl halides is 1. The summed E-state index contributed by atoms with van der Waals surface area (Å²) in [7, 11) is 0. The normalized spacial score (nSPS) is 11.2. The van der Waals surface area contributed by atoms with E-state index in [1.165, 1.54) is 12.1 Å². The number of benzene rings is 1. The van der Waals surface area contributed by atoms with E-state index in [0.717, 1.165) is 3.57 Å². The van der Waals surface area contributed by atoms with Gasteiger partial charge in [-0.1, -0.05) is 0 Å². The molecule has 0 unspecified atom stereocenters. The van der Waals surface area contributed by atoms with Gasteiger partial charge in [-0.3, -0.25) is 0 Å². The van der Waals surface area contributed by atoms with Crippen molar-refractivity contribution < 1.29 is 9.18 Å². The predicted molar refractivity (Wildman–Crippen MR) is 67.6 cm³/mol. The topological polar surface area (TPSA) is 43.1 Å². The van der Waals surface area contributed by atoms with Gasteiger partial charge in [-0.05, 0) is 0 Å². The zero-order valence-electron chi connectivity index (χ0n) is 6.85. The Morgan fingerprint density at radius 1 is 1.62 bits per heavy atom. The van der Waals surface area contributed by atoms with Crippen LogP contribution < -0.4 is 5.73 Å². The van der Waals surface area contributed by atoms with Crippen molar-refractivity contribution >= 4 is 40.4 Å². The molecule has 1 rings (SSSR count). The molecule has 0 spiro atoms. The van der Waals surface area contributed by atoms with Crippen molar-refractivity contribution in [2.24, 2.45) is 5.73 Å². The molecule has 0 aliphatic carbocycles. The van der Waals surface area contributed by atoms with Gasteiger partial charge in [0, 0.05) is 0 Å². The Balaban J connectivity index is 3.13. The van der Waals surface area contributed by atoms with Crippen LogP contribution in [0.5, 0.6) is 0 Å². The fourth-order valence-corrected chi connectivity index (χ4v) is 3.93. The molecule has 0 radical (unpaired) electrons. The molecule has 1 amide bonds. The second kappa shape index (κ2) is 4.54. The molecule has 0 fully saturated rings. The second-order valence-corrected chi connectivity index (χ2v) is 14.1. The number of amides is 1. The summed E-state index contributed by atoms with van der Waals surface area (Å²) in [5.74, 6) is -1.22. The summed E-state index contributed by atoms with van der Waals surface area (Å²) in [5.41, 5.74) is 4.94. The Hall–Kier alpha value is 0.0800. The molecule has 0 saturated heterocycles. The quantitative estimate of drug-likeness (QED) is 0.595. The van der Waals surface area contributed by atoms with Crippen molar-refractivity contribution in [3.05, 3.63) is 33.1 Å². The Kier molecular flexibility index (Phi) is 3.89. The first-order valence-electron chi connectivity index (χ1n) is 3.38. The molecule has 13 heavy (non-hydrogen) atoms. The number of halogens is 3. The number of rotatable bonds is 2. The molecule has 1 aromatic carbocycles. The molecule has 2 nitrogen and oxygen atoms in total. The maximum atomic E-state index is 13.2. The van der Waals surface area contributed by atoms with Crippen LogP contribution in [0, 0.1) is 9.39 Å². The van der Waals surface area contributed by atoms with Gasteiger partial charge < -0.3 is 0 Å². The first kappa shape index (κ1) is 11.2. The number of primary amides is 1. The second-order valence-electron chi connectivity index (χ2n) is 2.39. The molecule has 5 heteroatoms. The number of hydrogen-bond acceptors (Lipinski definition) is 1. The fraction of sp³-hybridized carbons (Fsp3) is 0.125. The van der Waals surface area contributed by atoms with Crippen LogP contribution in [-0.4, -0.2) is 10.8 Å². The van der Waals surface area contributed by atoms with Crippen molar-refractivity contribution in [1.29, 1.82) is 0 Å². The fourth-order valence-electron chi connectivity index (χ4n) is 0.851. The molecule has 0 aromatic heterocycles. The zero-order chi connectivity index (χ0) is 10.0. The van der Waals surface area contributed by atoms with E-state index >= 15 is 0 Å². The predicted octanol–water partition coefficient (Wildman–Crippen LogP) is 2.58. The maximum absolute atomic E-state index is 13.2. The SMILES string of the molecule is CI(I)c1ccc(C(N)=O)c(F)c1. The van der Waals surface area contributed by atoms with Crippen LogP contribution in [-0.2, 0) is 0 Å². The van der Waals surface area contributed by atoms with E-state index in [1.807, 2.05) is 0 Å². The third-order valence-corrected chi connectivity index (χ3v) is 7.04. The number of nitrogens with two attached hydrogens (primary N) is 1. The summed E-state index contributed by atoms with van der Waals surface area (Å²) in [4.78, 5) is 12.8. The van der Waals surface area contributed by atoms with Crippen molar-refractivity contribution in [2.75, 3.05) is 4.93 Å². The van der Waals surface area contributed by atoms with Crippen LogP contribution >= 0.6 is 34.5 Å². The van der Waals surface area contributed by atoms with E-state index in [9.17, 15) is 9.18 Å². The van der Waals surface area contributed by atoms with E-state index in [4.69, 9.17) is 5.73 Å². The van der Waals surface area contributed by atoms with Crippen molar-refractivity contribution in [2.45, 2.75) is 0 Å². The average Bonchev–Trinajstić information content (AvgIpc) is 2.03. The van der Waals surface area contributed by atoms with E-state index in [0.29, 0.717) is 0 Å². The van der Waals surface area contributed by atoms with Crippen LogP contribution in [0.25, 0.3) is 0 Å². The third-order valence-electron chi connectivity index (χ3n) is 1.50. The van der Waals surface area contributed by atoms with Gasteiger partial charge in [0.25, 0.3) is 0 Å². The first-order chi connectivity index (χ1) is 6.02. The molecule has 0 heterocycles. The molecular formula is C8H8FI2NO. The van der Waals surface area contributed by atoms with E-state index < -0.39 is 27.6 Å². The van der Waals surface area contributed by atoms with Crippen LogP contribution in [0.1, 0.15) is 10.4 Å². The van der Waals surface area contributed by atoms with Crippen LogP contribution in [0.2, 0.25) is 0 Å². The minimum atomic E-state index is -1.19. The van der Waals surface area contributed by atoms with Crippen molar-refractivity contribution in [3.8, 4) is 0 Å². The van der Waals surface area contributed by atoms with Gasteiger partial charge in [-0.25, -0.2) is 0 Å². The zero-order valence-corrected chi connectivity index (χ0v) is 11.2. The van der Waals surface area contributed by atoms with E-state index in [2.05, 4.69) is 23.5 Å². The molecule has 1 aromatic rings. The Labute approximate surface area is 92.6 Å². The molecule has 0 aliphatic heterocycles. The van der Waals surface area contributed by atoms with E-state index in [1.54, 1.807) is 6.07 Å². The summed E-state index contributed by atoms with van der Waals surface area (Å²) in [6, 6.07) is 4.65. The van der Waals surface area contributed by atoms with Gasteiger partial charge in [0.15, 0.2) is 0 Å². The monoisotopic (exact) mass is 407 g/mol. The third kappa shape index (κ3) is 2.76. The molecule has 0 bridgehead atoms. The molecule has 2 N–H and O–H groups in total. The number of carbonyl (C=O) groups is 1. The van der Waals surface area contributed by atoms with Crippen LogP contribution in [0.3, 0.4) is 0 Å². The Bertz CT molecular complexity index is 341. The minimum absolute atomic E-state index is 0.0297. The molecule has 72 valence electrons. The van der Waals surface area contributed by atoms with Crippen LogP contribution in [0.15, 0.2) is 18.2 Å². The first-order valence-corrected chi connectivity index (χ1v) is 12.9. The summed E-state index contributed by atoms with van der Waals surface area (Å²) in [6.45, 7) is 0. The average molecular weight is 407 g/mol. The molecule has 0 aliphatic rings. The van der Waals surface area contributed by atoms with Crippen LogP contribution in [0.4, 0.5) is 4.39 Å². The Morgan fingerprint density at radius 3 is 2.62 bits per heavy atom. The van der Waals surface area contributed by atoms with Gasteiger partial charge in [0.1, 0.15) is 0 Å². The number of carbonyl (C=O) groups excluding carboxylic acids is 1. The van der Waals surface area contributed by atoms with Gasteiger partial charge in [0.05, 0.1) is 0 Å². The summed E-state index contributed by atoms with van der Waals surface area (Å²) < 4.78 is 14.2. The molecule has 0 saturated carbocycles. The van der Waals surface area contributed by atoms with Gasteiger partial charge >= 0.3 is 93.4 Å². The number of hydrogen-bond donors (Lipinski definition) is 1. The van der Waals surface area contributed by atoms with Gasteiger partial charge in [-0.2, -0.15) is 0 Å². The summed E-state index contributed by atoms with van der Waals surface area (Å²) in [6.07, 6.45) is 0. The van der Waals surface area contributed by atoms with Gasteiger partial charge in [-0.15, -0.1) is 0 Å². The Morgan fingerprint density at radius 2 is 2.23 bits per heavy atom. The summed E-state index contributed by atoms with van der Waals surface area (Å²) >= 11 is 1.14. The molecule has 0 atom stereocenters. The van der Waals surface area contributed by atoms with Gasteiger partial charge in [0.2, 0.25) is 0 Å². The molecular weight excluding hydrogens is 399 g/mol. The van der Waals surface area contributed by atoms with Crippen molar-refractivity contribution in [3.63, 3.8) is 0 Å². The van der Waals surface area contributed by atoms with Crippen molar-refractivity contribution in [1.82, 2.24) is 0 Å². The van der Waals surface area contributed by atoms with E-state index in [-0.39, 0.29) is 5.56 Å². The summed E-state index contributed by atoms with van der Waals surface area (Å²) in [5, 5.41) is 0.